The lowest BCUT2D eigenvalue weighted by Gasteiger charge is -2.16. The van der Waals surface area contributed by atoms with Crippen LogP contribution < -0.4 is 15.0 Å². The average molecular weight is 333 g/mol. The van der Waals surface area contributed by atoms with Crippen LogP contribution in [0.4, 0.5) is 6.01 Å². The van der Waals surface area contributed by atoms with Crippen LogP contribution in [0.3, 0.4) is 0 Å². The Morgan fingerprint density at radius 3 is 2.81 bits per heavy atom. The Morgan fingerprint density at radius 1 is 1.38 bits per heavy atom. The number of rotatable bonds is 6. The van der Waals surface area contributed by atoms with E-state index in [0.29, 0.717) is 30.0 Å². The molecule has 0 atom stereocenters. The van der Waals surface area contributed by atoms with Crippen LogP contribution in [0, 0.1) is 0 Å². The molecule has 0 saturated carbocycles. The summed E-state index contributed by atoms with van der Waals surface area (Å²) in [6, 6.07) is 5.95. The van der Waals surface area contributed by atoms with E-state index in [2.05, 4.69) is 15.5 Å². The predicted molar refractivity (Wildman–Crippen MR) is 84.4 cm³/mol. The summed E-state index contributed by atoms with van der Waals surface area (Å²) in [4.78, 5) is 1.85. The number of nitrogens with one attached hydrogen (secondary N) is 1. The van der Waals surface area contributed by atoms with Crippen LogP contribution >= 0.6 is 24.0 Å². The summed E-state index contributed by atoms with van der Waals surface area (Å²) in [7, 11) is 5.33. The molecule has 1 heterocycles. The van der Waals surface area contributed by atoms with Gasteiger partial charge in [-0.1, -0.05) is 16.7 Å². The highest BCUT2D eigenvalue weighted by Crippen LogP contribution is 2.25. The van der Waals surface area contributed by atoms with E-state index < -0.39 is 0 Å². The van der Waals surface area contributed by atoms with Gasteiger partial charge in [-0.05, 0) is 25.2 Å². The number of methoxy groups -OCH3 is 1. The fourth-order valence-corrected chi connectivity index (χ4v) is 2.01. The van der Waals surface area contributed by atoms with Gasteiger partial charge in [-0.3, -0.25) is 0 Å². The molecule has 116 valence electrons. The van der Waals surface area contributed by atoms with Crippen LogP contribution in [-0.2, 0) is 13.1 Å². The van der Waals surface area contributed by atoms with Crippen LogP contribution in [-0.4, -0.2) is 31.4 Å². The molecule has 0 radical (unpaired) electrons. The van der Waals surface area contributed by atoms with Gasteiger partial charge in [-0.15, -0.1) is 17.5 Å². The first-order valence-corrected chi connectivity index (χ1v) is 6.52. The van der Waals surface area contributed by atoms with Gasteiger partial charge in [0.25, 0.3) is 0 Å². The van der Waals surface area contributed by atoms with Crippen LogP contribution in [0.2, 0.25) is 5.02 Å². The number of aromatic nitrogens is 2. The van der Waals surface area contributed by atoms with E-state index >= 15 is 0 Å². The summed E-state index contributed by atoms with van der Waals surface area (Å²) >= 11 is 6.01. The van der Waals surface area contributed by atoms with E-state index in [0.717, 1.165) is 11.3 Å². The Labute approximate surface area is 134 Å². The molecule has 0 spiro atoms. The molecule has 21 heavy (non-hydrogen) atoms. The van der Waals surface area contributed by atoms with Crippen molar-refractivity contribution in [2.24, 2.45) is 0 Å². The van der Waals surface area contributed by atoms with Gasteiger partial charge in [0.05, 0.1) is 20.2 Å². The number of hydrogen-bond donors (Lipinski definition) is 1. The van der Waals surface area contributed by atoms with Gasteiger partial charge in [0.15, 0.2) is 0 Å². The Balaban J connectivity index is 0.00000220. The maximum absolute atomic E-state index is 6.01. The minimum absolute atomic E-state index is 0. The second-order valence-electron chi connectivity index (χ2n) is 4.32. The SMILES string of the molecule is CNCc1nnc(N(C)Cc2cc(Cl)ccc2OC)o1.Cl. The van der Waals surface area contributed by atoms with E-state index in [1.54, 1.807) is 13.2 Å². The first-order chi connectivity index (χ1) is 9.63. The monoisotopic (exact) mass is 332 g/mol. The molecule has 6 nitrogen and oxygen atoms in total. The van der Waals surface area contributed by atoms with E-state index in [9.17, 15) is 0 Å². The minimum atomic E-state index is 0. The van der Waals surface area contributed by atoms with E-state index in [4.69, 9.17) is 20.8 Å². The molecule has 0 saturated heterocycles. The molecule has 8 heteroatoms. The molecule has 0 aliphatic rings. The largest absolute Gasteiger partial charge is 0.496 e. The number of nitrogens with zero attached hydrogens (tertiary/aromatic N) is 3. The Morgan fingerprint density at radius 2 is 2.14 bits per heavy atom. The van der Waals surface area contributed by atoms with E-state index in [-0.39, 0.29) is 12.4 Å². The first kappa shape index (κ1) is 17.6. The second-order valence-corrected chi connectivity index (χ2v) is 4.76. The standard InChI is InChI=1S/C13H17ClN4O2.ClH/c1-15-7-12-16-17-13(20-12)18(2)8-9-6-10(14)4-5-11(9)19-3;/h4-6,15H,7-8H2,1-3H3;1H. The third-order valence-electron chi connectivity index (χ3n) is 2.76. The zero-order valence-electron chi connectivity index (χ0n) is 12.1. The molecule has 0 aliphatic carbocycles. The Kier molecular flexibility index (Phi) is 6.74. The van der Waals surface area contributed by atoms with Gasteiger partial charge in [0, 0.05) is 17.6 Å². The highest BCUT2D eigenvalue weighted by Gasteiger charge is 2.13. The molecule has 0 amide bonds. The fraction of sp³-hybridized carbons (Fsp3) is 0.385. The van der Waals surface area contributed by atoms with Crippen molar-refractivity contribution in [3.63, 3.8) is 0 Å². The molecule has 1 N–H and O–H groups in total. The third-order valence-corrected chi connectivity index (χ3v) is 3.00. The maximum Gasteiger partial charge on any atom is 0.318 e. The Bertz CT molecular complexity index is 577. The lowest BCUT2D eigenvalue weighted by atomic mass is 10.2. The molecule has 0 aliphatic heterocycles. The first-order valence-electron chi connectivity index (χ1n) is 6.14. The Hall–Kier alpha value is -1.50. The van der Waals surface area contributed by atoms with E-state index in [1.165, 1.54) is 0 Å². The number of benzene rings is 1. The van der Waals surface area contributed by atoms with Crippen molar-refractivity contribution in [1.29, 1.82) is 0 Å². The number of ether oxygens (including phenoxy) is 1. The zero-order valence-corrected chi connectivity index (χ0v) is 13.7. The van der Waals surface area contributed by atoms with Crippen LogP contribution in [0.5, 0.6) is 5.75 Å². The van der Waals surface area contributed by atoms with Crippen molar-refractivity contribution in [3.8, 4) is 5.75 Å². The zero-order chi connectivity index (χ0) is 14.5. The van der Waals surface area contributed by atoms with Gasteiger partial charge in [0.1, 0.15) is 5.75 Å². The molecule has 0 bridgehead atoms. The summed E-state index contributed by atoms with van der Waals surface area (Å²) in [5.41, 5.74) is 0.955. The van der Waals surface area contributed by atoms with E-state index in [1.807, 2.05) is 31.1 Å². The smallest absolute Gasteiger partial charge is 0.318 e. The molecular weight excluding hydrogens is 315 g/mol. The van der Waals surface area contributed by atoms with Gasteiger partial charge in [0.2, 0.25) is 5.89 Å². The molecule has 0 unspecified atom stereocenters. The van der Waals surface area contributed by atoms with Crippen molar-refractivity contribution in [1.82, 2.24) is 15.5 Å². The topological polar surface area (TPSA) is 63.4 Å². The minimum Gasteiger partial charge on any atom is -0.496 e. The summed E-state index contributed by atoms with van der Waals surface area (Å²) in [5.74, 6) is 1.32. The van der Waals surface area contributed by atoms with Crippen LogP contribution in [0.1, 0.15) is 11.5 Å². The lowest BCUT2D eigenvalue weighted by Crippen LogP contribution is -2.17. The fourth-order valence-electron chi connectivity index (χ4n) is 1.82. The normalized spacial score (nSPS) is 10.1. The van der Waals surface area contributed by atoms with Gasteiger partial charge >= 0.3 is 6.01 Å². The predicted octanol–water partition coefficient (Wildman–Crippen LogP) is 2.51. The summed E-state index contributed by atoms with van der Waals surface area (Å²) in [6.07, 6.45) is 0. The molecule has 2 rings (SSSR count). The van der Waals surface area contributed by atoms with Gasteiger partial charge in [-0.2, -0.15) is 0 Å². The third kappa shape index (κ3) is 4.49. The second kappa shape index (κ2) is 8.07. The van der Waals surface area contributed by atoms with Crippen molar-refractivity contribution >= 4 is 30.0 Å². The van der Waals surface area contributed by atoms with Gasteiger partial charge in [-0.25, -0.2) is 0 Å². The molecule has 1 aromatic carbocycles. The summed E-state index contributed by atoms with van der Waals surface area (Å²) in [5, 5.41) is 11.6. The summed E-state index contributed by atoms with van der Waals surface area (Å²) in [6.45, 7) is 1.10. The van der Waals surface area contributed by atoms with Crippen LogP contribution in [0.25, 0.3) is 0 Å². The molecular formula is C13H18Cl2N4O2. The van der Waals surface area contributed by atoms with Crippen molar-refractivity contribution < 1.29 is 9.15 Å². The maximum atomic E-state index is 6.01. The number of hydrogen-bond acceptors (Lipinski definition) is 6. The lowest BCUT2D eigenvalue weighted by molar-refractivity contribution is 0.408. The number of anilines is 1. The van der Waals surface area contributed by atoms with Crippen molar-refractivity contribution in [3.05, 3.63) is 34.7 Å². The van der Waals surface area contributed by atoms with Crippen LogP contribution in [0.15, 0.2) is 22.6 Å². The van der Waals surface area contributed by atoms with Crippen molar-refractivity contribution in [2.45, 2.75) is 13.1 Å². The van der Waals surface area contributed by atoms with Crippen molar-refractivity contribution in [2.75, 3.05) is 26.1 Å². The average Bonchev–Trinajstić information content (AvgIpc) is 2.88. The van der Waals surface area contributed by atoms with Gasteiger partial charge < -0.3 is 19.4 Å². The highest BCUT2D eigenvalue weighted by molar-refractivity contribution is 6.30. The molecule has 2 aromatic rings. The molecule has 0 fully saturated rings. The quantitative estimate of drug-likeness (QED) is 0.876. The molecule has 1 aromatic heterocycles. The number of halogens is 2. The highest BCUT2D eigenvalue weighted by atomic mass is 35.5. The summed E-state index contributed by atoms with van der Waals surface area (Å²) < 4.78 is 10.8.